The minimum absolute atomic E-state index is 0.0746. The minimum atomic E-state index is 0.0746. The second kappa shape index (κ2) is 11.6. The Bertz CT molecular complexity index is 845. The van der Waals surface area contributed by atoms with Crippen LogP contribution in [0.2, 0.25) is 0 Å². The maximum atomic E-state index is 11.9. The molecule has 2 rings (SSSR count). The van der Waals surface area contributed by atoms with Crippen LogP contribution in [0.4, 0.5) is 0 Å². The number of aromatic nitrogens is 1. The van der Waals surface area contributed by atoms with Crippen molar-refractivity contribution in [2.45, 2.75) is 51.6 Å². The van der Waals surface area contributed by atoms with Gasteiger partial charge >= 0.3 is 0 Å². The van der Waals surface area contributed by atoms with Crippen LogP contribution in [0.5, 0.6) is 0 Å². The Morgan fingerprint density at radius 2 is 1.96 bits per heavy atom. The summed E-state index contributed by atoms with van der Waals surface area (Å²) in [5.74, 6) is 0.836. The lowest BCUT2D eigenvalue weighted by Crippen LogP contribution is -2.37. The highest BCUT2D eigenvalue weighted by atomic mass is 32.2. The van der Waals surface area contributed by atoms with Crippen molar-refractivity contribution >= 4 is 17.7 Å². The fourth-order valence-corrected chi connectivity index (χ4v) is 3.70. The molecular weight excluding hydrogens is 368 g/mol. The van der Waals surface area contributed by atoms with E-state index in [4.69, 9.17) is 4.99 Å². The number of unbranched alkanes of at least 4 members (excludes halogenated alkanes) is 1. The van der Waals surface area contributed by atoms with Crippen LogP contribution in [-0.2, 0) is 13.1 Å². The van der Waals surface area contributed by atoms with E-state index in [0.29, 0.717) is 6.54 Å². The lowest BCUT2D eigenvalue weighted by molar-refractivity contribution is 0.575. The number of nitrogens with zero attached hydrogens (tertiary/aromatic N) is 2. The van der Waals surface area contributed by atoms with Gasteiger partial charge in [0.05, 0.1) is 6.54 Å². The van der Waals surface area contributed by atoms with Gasteiger partial charge in [-0.05, 0) is 63.1 Å². The van der Waals surface area contributed by atoms with Crippen molar-refractivity contribution < 1.29 is 0 Å². The second-order valence-corrected chi connectivity index (χ2v) is 7.65. The van der Waals surface area contributed by atoms with Gasteiger partial charge in [0.1, 0.15) is 0 Å². The summed E-state index contributed by atoms with van der Waals surface area (Å²) >= 11 is 1.76. The highest BCUT2D eigenvalue weighted by Crippen LogP contribution is 2.22. The first kappa shape index (κ1) is 22.1. The van der Waals surface area contributed by atoms with Crippen molar-refractivity contribution in [1.29, 1.82) is 0 Å². The fraction of sp³-hybridized carbons (Fsp3) is 0.455. The Hall–Kier alpha value is -2.21. The molecule has 0 radical (unpaired) electrons. The number of aliphatic imine (C=N–C) groups is 1. The molecule has 152 valence electrons. The van der Waals surface area contributed by atoms with Crippen molar-refractivity contribution in [3.63, 3.8) is 0 Å². The van der Waals surface area contributed by atoms with Gasteiger partial charge in [-0.1, -0.05) is 18.2 Å². The van der Waals surface area contributed by atoms with Crippen LogP contribution < -0.4 is 16.2 Å². The Kier molecular flexibility index (Phi) is 9.14. The molecule has 0 aliphatic carbocycles. The zero-order valence-corrected chi connectivity index (χ0v) is 18.2. The molecule has 0 aliphatic heterocycles. The van der Waals surface area contributed by atoms with E-state index in [1.54, 1.807) is 17.8 Å². The first-order valence-corrected chi connectivity index (χ1v) is 11.1. The largest absolute Gasteiger partial charge is 0.357 e. The molecule has 2 aromatic rings. The van der Waals surface area contributed by atoms with Gasteiger partial charge in [0.15, 0.2) is 5.96 Å². The maximum Gasteiger partial charge on any atom is 0.250 e. The SMILES string of the molecule is CCNC(=NCc1ccc(C)cc1SC)NCCCCn1c(C)cccc1=O. The third-order valence-electron chi connectivity index (χ3n) is 4.56. The number of thioether (sulfide) groups is 1. The lowest BCUT2D eigenvalue weighted by Gasteiger charge is -2.13. The van der Waals surface area contributed by atoms with Crippen molar-refractivity contribution in [1.82, 2.24) is 15.2 Å². The molecule has 0 spiro atoms. The fourth-order valence-electron chi connectivity index (χ4n) is 3.00. The summed E-state index contributed by atoms with van der Waals surface area (Å²) in [7, 11) is 0. The second-order valence-electron chi connectivity index (χ2n) is 6.80. The van der Waals surface area contributed by atoms with Gasteiger partial charge in [0.2, 0.25) is 0 Å². The van der Waals surface area contributed by atoms with Crippen LogP contribution in [0.3, 0.4) is 0 Å². The van der Waals surface area contributed by atoms with E-state index in [-0.39, 0.29) is 5.56 Å². The average molecular weight is 401 g/mol. The summed E-state index contributed by atoms with van der Waals surface area (Å²) in [5, 5.41) is 6.71. The Morgan fingerprint density at radius 3 is 2.68 bits per heavy atom. The molecular formula is C22H32N4OS. The molecule has 0 amide bonds. The van der Waals surface area contributed by atoms with E-state index in [1.165, 1.54) is 16.0 Å². The van der Waals surface area contributed by atoms with Crippen molar-refractivity contribution in [2.24, 2.45) is 4.99 Å². The molecule has 5 nitrogen and oxygen atoms in total. The highest BCUT2D eigenvalue weighted by Gasteiger charge is 2.03. The number of hydrogen-bond acceptors (Lipinski definition) is 3. The van der Waals surface area contributed by atoms with Gasteiger partial charge in [-0.3, -0.25) is 4.79 Å². The number of guanidine groups is 1. The van der Waals surface area contributed by atoms with Crippen LogP contribution in [0.1, 0.15) is 36.6 Å². The molecule has 1 aromatic heterocycles. The quantitative estimate of drug-likeness (QED) is 0.291. The summed E-state index contributed by atoms with van der Waals surface area (Å²) in [5.41, 5.74) is 3.60. The summed E-state index contributed by atoms with van der Waals surface area (Å²) in [6.45, 7) is 9.23. The molecule has 0 aliphatic rings. The predicted octanol–water partition coefficient (Wildman–Crippen LogP) is 3.72. The van der Waals surface area contributed by atoms with E-state index < -0.39 is 0 Å². The van der Waals surface area contributed by atoms with Gasteiger partial charge in [-0.25, -0.2) is 4.99 Å². The van der Waals surface area contributed by atoms with Gasteiger partial charge in [-0.2, -0.15) is 0 Å². The molecule has 0 atom stereocenters. The number of pyridine rings is 1. The standard InChI is InChI=1S/C22H32N4OS/c1-5-23-22(25-16-19-12-11-17(2)15-20(19)28-4)24-13-6-7-14-26-18(3)9-8-10-21(26)27/h8-12,15H,5-7,13-14,16H2,1-4H3,(H2,23,24,25). The Morgan fingerprint density at radius 1 is 1.14 bits per heavy atom. The van der Waals surface area contributed by atoms with Gasteiger partial charge in [-0.15, -0.1) is 11.8 Å². The van der Waals surface area contributed by atoms with Crippen LogP contribution in [0, 0.1) is 13.8 Å². The molecule has 28 heavy (non-hydrogen) atoms. The normalized spacial score (nSPS) is 11.5. The molecule has 6 heteroatoms. The predicted molar refractivity (Wildman–Crippen MR) is 120 cm³/mol. The first-order chi connectivity index (χ1) is 13.5. The zero-order valence-electron chi connectivity index (χ0n) is 17.4. The smallest absolute Gasteiger partial charge is 0.250 e. The summed E-state index contributed by atoms with van der Waals surface area (Å²) in [4.78, 5) is 17.9. The maximum absolute atomic E-state index is 11.9. The van der Waals surface area contributed by atoms with Crippen molar-refractivity contribution in [3.8, 4) is 0 Å². The summed E-state index contributed by atoms with van der Waals surface area (Å²) in [6, 6.07) is 11.9. The van der Waals surface area contributed by atoms with Gasteiger partial charge in [0.25, 0.3) is 5.56 Å². The Balaban J connectivity index is 1.85. The minimum Gasteiger partial charge on any atom is -0.357 e. The molecule has 0 unspecified atom stereocenters. The third kappa shape index (κ3) is 6.75. The molecule has 0 saturated carbocycles. The average Bonchev–Trinajstić information content (AvgIpc) is 2.68. The molecule has 1 aromatic carbocycles. The van der Waals surface area contributed by atoms with E-state index in [9.17, 15) is 4.79 Å². The Labute approximate surface area is 172 Å². The van der Waals surface area contributed by atoms with Crippen molar-refractivity contribution in [2.75, 3.05) is 19.3 Å². The van der Waals surface area contributed by atoms with Crippen LogP contribution in [0.15, 0.2) is 51.1 Å². The monoisotopic (exact) mass is 400 g/mol. The van der Waals surface area contributed by atoms with Crippen LogP contribution in [0.25, 0.3) is 0 Å². The van der Waals surface area contributed by atoms with Crippen molar-refractivity contribution in [3.05, 3.63) is 63.6 Å². The summed E-state index contributed by atoms with van der Waals surface area (Å²) < 4.78 is 1.83. The number of nitrogens with one attached hydrogen (secondary N) is 2. The molecule has 0 saturated heterocycles. The lowest BCUT2D eigenvalue weighted by atomic mass is 10.1. The number of benzene rings is 1. The molecule has 0 bridgehead atoms. The molecule has 0 fully saturated rings. The number of aryl methyl sites for hydroxylation is 2. The third-order valence-corrected chi connectivity index (χ3v) is 5.38. The van der Waals surface area contributed by atoms with Crippen LogP contribution >= 0.6 is 11.8 Å². The molecule has 1 heterocycles. The zero-order chi connectivity index (χ0) is 20.4. The summed E-state index contributed by atoms with van der Waals surface area (Å²) in [6.07, 6.45) is 4.03. The van der Waals surface area contributed by atoms with E-state index >= 15 is 0 Å². The number of rotatable bonds is 9. The topological polar surface area (TPSA) is 58.4 Å². The van der Waals surface area contributed by atoms with E-state index in [2.05, 4.69) is 48.9 Å². The van der Waals surface area contributed by atoms with Crippen LogP contribution in [-0.4, -0.2) is 29.9 Å². The highest BCUT2D eigenvalue weighted by molar-refractivity contribution is 7.98. The first-order valence-electron chi connectivity index (χ1n) is 9.87. The van der Waals surface area contributed by atoms with Gasteiger partial charge < -0.3 is 15.2 Å². The van der Waals surface area contributed by atoms with Gasteiger partial charge in [0, 0.05) is 36.3 Å². The number of hydrogen-bond donors (Lipinski definition) is 2. The van der Waals surface area contributed by atoms with E-state index in [0.717, 1.165) is 44.1 Å². The molecule has 2 N–H and O–H groups in total. The van der Waals surface area contributed by atoms with E-state index in [1.807, 2.05) is 23.6 Å².